The molecule has 0 radical (unpaired) electrons. The summed E-state index contributed by atoms with van der Waals surface area (Å²) in [5, 5.41) is 0. The highest BCUT2D eigenvalue weighted by atomic mass is 17.2. The number of rotatable bonds is 50. The number of quaternary nitrogens is 1. The second kappa shape index (κ2) is 50.0. The summed E-state index contributed by atoms with van der Waals surface area (Å²) >= 11 is 0. The van der Waals surface area contributed by atoms with E-state index in [0.29, 0.717) is 25.7 Å². The lowest BCUT2D eigenvalue weighted by molar-refractivity contribution is -1.34. The fourth-order valence-electron chi connectivity index (χ4n) is 8.09. The van der Waals surface area contributed by atoms with Crippen LogP contribution in [0, 0.1) is 0 Å². The van der Waals surface area contributed by atoms with Crippen molar-refractivity contribution < 1.29 is 33.9 Å². The number of carbonyl (C=O) groups is 3. The molecule has 0 aromatic carbocycles. The number of allylic oxidation sites excluding steroid dienone is 6. The summed E-state index contributed by atoms with van der Waals surface area (Å²) < 4.78 is 0. The second-order valence-corrected chi connectivity index (χ2v) is 18.7. The van der Waals surface area contributed by atoms with Gasteiger partial charge in [-0.05, 0) is 96.3 Å². The summed E-state index contributed by atoms with van der Waals surface area (Å²) in [5.41, 5.74) is 0. The van der Waals surface area contributed by atoms with Crippen molar-refractivity contribution in [1.82, 2.24) is 0 Å². The Morgan fingerprint density at radius 2 is 0.484 bits per heavy atom. The van der Waals surface area contributed by atoms with Gasteiger partial charge in [0.05, 0.1) is 19.3 Å². The van der Waals surface area contributed by atoms with Crippen molar-refractivity contribution in [1.29, 1.82) is 0 Å². The first-order valence-electron chi connectivity index (χ1n) is 27.9. The Balaban J connectivity index is 4.78. The Morgan fingerprint density at radius 3 is 0.703 bits per heavy atom. The van der Waals surface area contributed by atoms with Crippen LogP contribution in [0.15, 0.2) is 36.5 Å². The Kier molecular flexibility index (Phi) is 48.1. The van der Waals surface area contributed by atoms with Gasteiger partial charge in [0.2, 0.25) is 11.5 Å². The molecular formula is C57H106NO6+. The first kappa shape index (κ1) is 61.6. The number of unbranched alkanes of at least 4 members (excludes halogenated alkanes) is 33. The standard InChI is InChI=1S/C57H106NO6/c1-5-9-12-15-18-21-24-27-30-33-36-39-42-45-48-51-55(59)62-58(54-8-4,63-56(60)52-49-46-43-40-37-34-31-28-25-22-19-16-13-10-6-2)64-57(61)53-50-47-44-41-38-35-32-29-26-23-20-17-14-11-7-3/h27-32H,5-26,33-54H2,1-4H3/q+1/b30-27-,31-28-,32-29-. The Morgan fingerprint density at radius 1 is 0.281 bits per heavy atom. The molecule has 7 heteroatoms. The predicted molar refractivity (Wildman–Crippen MR) is 272 cm³/mol. The van der Waals surface area contributed by atoms with Crippen LogP contribution in [-0.2, 0) is 28.9 Å². The van der Waals surface area contributed by atoms with Gasteiger partial charge in [0, 0.05) is 6.42 Å². The van der Waals surface area contributed by atoms with Crippen LogP contribution in [0.25, 0.3) is 0 Å². The van der Waals surface area contributed by atoms with Crippen molar-refractivity contribution in [3.8, 4) is 0 Å². The SMILES string of the molecule is CCCCCCCC/C=C\CCCCCCCC(=O)O[N+](CCC)(OC(=O)CCCCCCC/C=C\CCCCCCCC)OC(=O)CCCCCCC/C=C\CCCCCCCC. The molecule has 0 unspecified atom stereocenters. The average Bonchev–Trinajstić information content (AvgIpc) is 3.27. The second-order valence-electron chi connectivity index (χ2n) is 18.7. The summed E-state index contributed by atoms with van der Waals surface area (Å²) in [6.45, 7) is 8.75. The number of nitrogens with zero attached hydrogens (tertiary/aromatic N) is 1. The molecule has 0 spiro atoms. The molecule has 0 aliphatic carbocycles. The van der Waals surface area contributed by atoms with Crippen LogP contribution in [0.5, 0.6) is 0 Å². The minimum absolute atomic E-state index is 0.0638. The molecule has 0 rings (SSSR count). The molecule has 374 valence electrons. The molecule has 0 bridgehead atoms. The molecule has 7 nitrogen and oxygen atoms in total. The van der Waals surface area contributed by atoms with Gasteiger partial charge in [0.25, 0.3) is 0 Å². The van der Waals surface area contributed by atoms with E-state index in [2.05, 4.69) is 57.2 Å². The van der Waals surface area contributed by atoms with E-state index >= 15 is 0 Å². The molecule has 0 fully saturated rings. The van der Waals surface area contributed by atoms with Crippen LogP contribution in [0.1, 0.15) is 304 Å². The maximum absolute atomic E-state index is 13.2. The van der Waals surface area contributed by atoms with Crippen LogP contribution in [0.4, 0.5) is 0 Å². The lowest BCUT2D eigenvalue weighted by atomic mass is 10.1. The summed E-state index contributed by atoms with van der Waals surface area (Å²) in [6, 6.07) is 0. The van der Waals surface area contributed by atoms with E-state index in [9.17, 15) is 14.4 Å². The first-order valence-corrected chi connectivity index (χ1v) is 27.9. The van der Waals surface area contributed by atoms with E-state index in [-0.39, 0.29) is 25.8 Å². The van der Waals surface area contributed by atoms with Gasteiger partial charge < -0.3 is 0 Å². The van der Waals surface area contributed by atoms with Crippen molar-refractivity contribution in [3.05, 3.63) is 36.5 Å². The van der Waals surface area contributed by atoms with E-state index in [4.69, 9.17) is 14.5 Å². The average molecular weight is 901 g/mol. The topological polar surface area (TPSA) is 78.9 Å². The van der Waals surface area contributed by atoms with Gasteiger partial charge in [-0.3, -0.25) is 0 Å². The zero-order chi connectivity index (χ0) is 46.7. The molecule has 0 aromatic heterocycles. The Hall–Kier alpha value is -2.41. The molecule has 0 amide bonds. The van der Waals surface area contributed by atoms with Gasteiger partial charge >= 0.3 is 17.9 Å². The van der Waals surface area contributed by atoms with Crippen molar-refractivity contribution in [2.45, 2.75) is 304 Å². The van der Waals surface area contributed by atoms with Gasteiger partial charge in [-0.15, -0.1) is 0 Å². The summed E-state index contributed by atoms with van der Waals surface area (Å²) in [5.74, 6) is -1.52. The Bertz CT molecular complexity index is 984. The molecule has 0 aliphatic heterocycles. The molecular weight excluding hydrogens is 795 g/mol. The largest absolute Gasteiger partial charge is 0.378 e. The van der Waals surface area contributed by atoms with Crippen molar-refractivity contribution in [2.24, 2.45) is 0 Å². The molecule has 0 saturated heterocycles. The third-order valence-electron chi connectivity index (χ3n) is 12.1. The third kappa shape index (κ3) is 44.8. The normalized spacial score (nSPS) is 12.0. The van der Waals surface area contributed by atoms with Gasteiger partial charge in [0.1, 0.15) is 0 Å². The summed E-state index contributed by atoms with van der Waals surface area (Å²) in [6.07, 6.45) is 60.9. The molecule has 0 saturated carbocycles. The molecule has 0 heterocycles. The fourth-order valence-corrected chi connectivity index (χ4v) is 8.09. The number of carbonyl (C=O) groups excluding carboxylic acids is 3. The molecule has 0 N–H and O–H groups in total. The lowest BCUT2D eigenvalue weighted by Gasteiger charge is -2.26. The van der Waals surface area contributed by atoms with Gasteiger partial charge in [-0.1, -0.05) is 218 Å². The van der Waals surface area contributed by atoms with Gasteiger partial charge in [0.15, 0.2) is 0 Å². The zero-order valence-electron chi connectivity index (χ0n) is 43.0. The lowest BCUT2D eigenvalue weighted by Crippen LogP contribution is -2.52. The predicted octanol–water partition coefficient (Wildman–Crippen LogP) is 18.7. The highest BCUT2D eigenvalue weighted by molar-refractivity contribution is 5.70. The maximum atomic E-state index is 13.2. The van der Waals surface area contributed by atoms with Crippen LogP contribution in [0.3, 0.4) is 0 Å². The van der Waals surface area contributed by atoms with Gasteiger partial charge in [-0.2, -0.15) is 14.5 Å². The molecule has 0 atom stereocenters. The number of hydroxylamine groups is 3. The minimum Gasteiger partial charge on any atom is -0.245 e. The van der Waals surface area contributed by atoms with Gasteiger partial charge in [-0.25, -0.2) is 14.4 Å². The van der Waals surface area contributed by atoms with Crippen LogP contribution >= 0.6 is 0 Å². The fraction of sp³-hybridized carbons (Fsp3) is 0.842. The summed E-state index contributed by atoms with van der Waals surface area (Å²) in [4.78, 5) is 55.8. The van der Waals surface area contributed by atoms with E-state index < -0.39 is 22.9 Å². The summed E-state index contributed by atoms with van der Waals surface area (Å²) in [7, 11) is 0. The first-order chi connectivity index (χ1) is 31.4. The van der Waals surface area contributed by atoms with Crippen LogP contribution < -0.4 is 0 Å². The zero-order valence-corrected chi connectivity index (χ0v) is 43.0. The molecule has 0 aliphatic rings. The highest BCUT2D eigenvalue weighted by Crippen LogP contribution is 2.21. The monoisotopic (exact) mass is 901 g/mol. The van der Waals surface area contributed by atoms with Crippen LogP contribution in [0.2, 0.25) is 0 Å². The van der Waals surface area contributed by atoms with Crippen molar-refractivity contribution >= 4 is 17.9 Å². The number of hydrogen-bond acceptors (Lipinski definition) is 6. The van der Waals surface area contributed by atoms with Crippen molar-refractivity contribution in [3.63, 3.8) is 0 Å². The molecule has 0 aromatic rings. The van der Waals surface area contributed by atoms with Crippen LogP contribution in [-0.4, -0.2) is 29.4 Å². The quantitative estimate of drug-likeness (QED) is 0.0262. The van der Waals surface area contributed by atoms with E-state index in [0.717, 1.165) is 96.3 Å². The van der Waals surface area contributed by atoms with E-state index in [1.54, 1.807) is 0 Å². The minimum atomic E-state index is -1.14. The highest BCUT2D eigenvalue weighted by Gasteiger charge is 2.44. The maximum Gasteiger partial charge on any atom is 0.378 e. The Labute approximate surface area is 397 Å². The third-order valence-corrected chi connectivity index (χ3v) is 12.1. The van der Waals surface area contributed by atoms with Crippen molar-refractivity contribution in [2.75, 3.05) is 6.54 Å². The molecule has 64 heavy (non-hydrogen) atoms. The smallest absolute Gasteiger partial charge is 0.245 e. The number of hydrogen-bond donors (Lipinski definition) is 0. The van der Waals surface area contributed by atoms with E-state index in [1.165, 1.54) is 135 Å². The van der Waals surface area contributed by atoms with E-state index in [1.807, 2.05) is 6.92 Å².